The summed E-state index contributed by atoms with van der Waals surface area (Å²) >= 11 is 1.33. The van der Waals surface area contributed by atoms with E-state index in [-0.39, 0.29) is 5.91 Å². The second kappa shape index (κ2) is 8.22. The van der Waals surface area contributed by atoms with Gasteiger partial charge in [0.05, 0.1) is 5.69 Å². The molecule has 4 aromatic heterocycles. The van der Waals surface area contributed by atoms with E-state index < -0.39 is 0 Å². The van der Waals surface area contributed by atoms with Crippen LogP contribution in [0.2, 0.25) is 0 Å². The lowest BCUT2D eigenvalue weighted by Gasteiger charge is -2.04. The van der Waals surface area contributed by atoms with Gasteiger partial charge in [0.25, 0.3) is 5.91 Å². The van der Waals surface area contributed by atoms with Gasteiger partial charge in [-0.2, -0.15) is 0 Å². The summed E-state index contributed by atoms with van der Waals surface area (Å²) in [5.41, 5.74) is 1.60. The normalized spacial score (nSPS) is 11.0. The van der Waals surface area contributed by atoms with Gasteiger partial charge in [-0.3, -0.25) is 9.20 Å². The highest BCUT2D eigenvalue weighted by atomic mass is 32.1. The van der Waals surface area contributed by atoms with Crippen molar-refractivity contribution in [3.8, 4) is 10.8 Å². The van der Waals surface area contributed by atoms with Crippen LogP contribution in [0, 0.1) is 0 Å². The van der Waals surface area contributed by atoms with Gasteiger partial charge in [0.2, 0.25) is 0 Å². The van der Waals surface area contributed by atoms with E-state index in [1.807, 2.05) is 35.7 Å². The first-order valence-electron chi connectivity index (χ1n) is 9.10. The highest BCUT2D eigenvalue weighted by Crippen LogP contribution is 2.25. The zero-order chi connectivity index (χ0) is 19.3. The Labute approximate surface area is 165 Å². The third kappa shape index (κ3) is 3.74. The summed E-state index contributed by atoms with van der Waals surface area (Å²) in [4.78, 5) is 26.2. The molecule has 8 nitrogen and oxygen atoms in total. The SMILES string of the molecule is CCc1nc(-c2ncccn2)sc1C(=O)NCCCc1nnc2ccccn12. The molecule has 4 rings (SSSR count). The molecule has 0 atom stereocenters. The minimum Gasteiger partial charge on any atom is -0.351 e. The quantitative estimate of drug-likeness (QED) is 0.485. The van der Waals surface area contributed by atoms with Gasteiger partial charge in [0.1, 0.15) is 10.7 Å². The van der Waals surface area contributed by atoms with Gasteiger partial charge >= 0.3 is 0 Å². The molecule has 0 aliphatic rings. The lowest BCUT2D eigenvalue weighted by molar-refractivity contribution is 0.0956. The van der Waals surface area contributed by atoms with E-state index in [2.05, 4.69) is 30.5 Å². The average Bonchev–Trinajstić information content (AvgIpc) is 3.36. The molecular formula is C19H19N7OS. The Balaban J connectivity index is 1.38. The summed E-state index contributed by atoms with van der Waals surface area (Å²) < 4.78 is 1.96. The van der Waals surface area contributed by atoms with Crippen molar-refractivity contribution >= 4 is 22.9 Å². The number of thiazole rings is 1. The highest BCUT2D eigenvalue weighted by molar-refractivity contribution is 7.17. The van der Waals surface area contributed by atoms with Crippen LogP contribution in [-0.4, -0.2) is 42.0 Å². The fraction of sp³-hybridized carbons (Fsp3) is 0.263. The van der Waals surface area contributed by atoms with E-state index >= 15 is 0 Å². The number of nitrogens with zero attached hydrogens (tertiary/aromatic N) is 6. The number of aromatic nitrogens is 6. The van der Waals surface area contributed by atoms with Crippen molar-refractivity contribution in [3.63, 3.8) is 0 Å². The van der Waals surface area contributed by atoms with E-state index in [9.17, 15) is 4.79 Å². The molecule has 1 N–H and O–H groups in total. The predicted octanol–water partition coefficient (Wildman–Crippen LogP) is 2.57. The Morgan fingerprint density at radius 2 is 2.04 bits per heavy atom. The van der Waals surface area contributed by atoms with Crippen molar-refractivity contribution in [3.05, 3.63) is 59.3 Å². The minimum atomic E-state index is -0.109. The van der Waals surface area contributed by atoms with Crippen LogP contribution in [0.15, 0.2) is 42.9 Å². The van der Waals surface area contributed by atoms with Crippen LogP contribution >= 0.6 is 11.3 Å². The maximum Gasteiger partial charge on any atom is 0.263 e. The summed E-state index contributed by atoms with van der Waals surface area (Å²) in [6.07, 6.45) is 7.47. The van der Waals surface area contributed by atoms with Gasteiger partial charge in [-0.05, 0) is 31.0 Å². The lowest BCUT2D eigenvalue weighted by Crippen LogP contribution is -2.25. The molecule has 1 amide bonds. The molecule has 9 heteroatoms. The van der Waals surface area contributed by atoms with Crippen LogP contribution in [0.1, 0.15) is 34.5 Å². The molecule has 0 saturated heterocycles. The summed E-state index contributed by atoms with van der Waals surface area (Å²) in [7, 11) is 0. The van der Waals surface area contributed by atoms with Crippen molar-refractivity contribution in [1.82, 2.24) is 34.9 Å². The Morgan fingerprint density at radius 3 is 2.86 bits per heavy atom. The number of carbonyl (C=O) groups excluding carboxylic acids is 1. The summed E-state index contributed by atoms with van der Waals surface area (Å²) in [5.74, 6) is 1.32. The predicted molar refractivity (Wildman–Crippen MR) is 106 cm³/mol. The molecule has 0 saturated carbocycles. The number of carbonyl (C=O) groups is 1. The molecule has 0 spiro atoms. The van der Waals surface area contributed by atoms with Crippen LogP contribution < -0.4 is 5.32 Å². The Morgan fingerprint density at radius 1 is 1.18 bits per heavy atom. The maximum atomic E-state index is 12.6. The van der Waals surface area contributed by atoms with Crippen molar-refractivity contribution in [2.24, 2.45) is 0 Å². The fourth-order valence-corrected chi connectivity index (χ4v) is 3.88. The number of amides is 1. The molecule has 0 fully saturated rings. The number of pyridine rings is 1. The Bertz CT molecular complexity index is 1090. The number of hydrogen-bond donors (Lipinski definition) is 1. The van der Waals surface area contributed by atoms with Crippen LogP contribution in [-0.2, 0) is 12.8 Å². The first-order chi connectivity index (χ1) is 13.8. The van der Waals surface area contributed by atoms with E-state index in [1.165, 1.54) is 11.3 Å². The number of nitrogens with one attached hydrogen (secondary N) is 1. The average molecular weight is 393 g/mol. The van der Waals surface area contributed by atoms with Crippen LogP contribution in [0.3, 0.4) is 0 Å². The number of hydrogen-bond acceptors (Lipinski definition) is 7. The van der Waals surface area contributed by atoms with Gasteiger partial charge in [-0.1, -0.05) is 13.0 Å². The molecule has 0 bridgehead atoms. The first-order valence-corrected chi connectivity index (χ1v) is 9.92. The van der Waals surface area contributed by atoms with Gasteiger partial charge in [0, 0.05) is 31.6 Å². The zero-order valence-corrected chi connectivity index (χ0v) is 16.2. The van der Waals surface area contributed by atoms with Gasteiger partial charge < -0.3 is 5.32 Å². The van der Waals surface area contributed by atoms with E-state index in [0.29, 0.717) is 28.7 Å². The number of rotatable bonds is 7. The highest BCUT2D eigenvalue weighted by Gasteiger charge is 2.18. The van der Waals surface area contributed by atoms with Crippen molar-refractivity contribution in [2.75, 3.05) is 6.54 Å². The Kier molecular flexibility index (Phi) is 5.34. The third-order valence-electron chi connectivity index (χ3n) is 4.24. The first kappa shape index (κ1) is 18.2. The van der Waals surface area contributed by atoms with Gasteiger partial charge in [-0.25, -0.2) is 15.0 Å². The number of aryl methyl sites for hydroxylation is 2. The molecule has 0 aliphatic heterocycles. The molecule has 0 radical (unpaired) electrons. The third-order valence-corrected chi connectivity index (χ3v) is 5.33. The summed E-state index contributed by atoms with van der Waals surface area (Å²) in [6, 6.07) is 7.56. The van der Waals surface area contributed by atoms with E-state index in [4.69, 9.17) is 0 Å². The summed E-state index contributed by atoms with van der Waals surface area (Å²) in [6.45, 7) is 2.54. The van der Waals surface area contributed by atoms with Crippen LogP contribution in [0.5, 0.6) is 0 Å². The standard InChI is InChI=1S/C19H19N7OS/c1-2-13-16(28-19(23-13)17-20-10-6-11-21-17)18(27)22-9-5-8-15-25-24-14-7-3-4-12-26(14)15/h3-4,6-7,10-12H,2,5,8-9H2,1H3,(H,22,27). The van der Waals surface area contributed by atoms with E-state index in [1.54, 1.807) is 18.5 Å². The molecular weight excluding hydrogens is 374 g/mol. The molecule has 0 unspecified atom stereocenters. The topological polar surface area (TPSA) is 98.0 Å². The molecule has 0 aromatic carbocycles. The smallest absolute Gasteiger partial charge is 0.263 e. The summed E-state index contributed by atoms with van der Waals surface area (Å²) in [5, 5.41) is 12.0. The second-order valence-electron chi connectivity index (χ2n) is 6.13. The fourth-order valence-electron chi connectivity index (χ4n) is 2.86. The van der Waals surface area contributed by atoms with Crippen LogP contribution in [0.4, 0.5) is 0 Å². The zero-order valence-electron chi connectivity index (χ0n) is 15.4. The number of fused-ring (bicyclic) bond motifs is 1. The molecule has 4 heterocycles. The van der Waals surface area contributed by atoms with E-state index in [0.717, 1.165) is 30.0 Å². The largest absolute Gasteiger partial charge is 0.351 e. The van der Waals surface area contributed by atoms with Crippen molar-refractivity contribution < 1.29 is 4.79 Å². The minimum absolute atomic E-state index is 0.109. The maximum absolute atomic E-state index is 12.6. The van der Waals surface area contributed by atoms with Gasteiger partial charge in [0.15, 0.2) is 16.5 Å². The molecule has 28 heavy (non-hydrogen) atoms. The lowest BCUT2D eigenvalue weighted by atomic mass is 10.2. The molecule has 0 aliphatic carbocycles. The molecule has 142 valence electrons. The van der Waals surface area contributed by atoms with Crippen LogP contribution in [0.25, 0.3) is 16.5 Å². The Hall–Kier alpha value is -3.20. The monoisotopic (exact) mass is 393 g/mol. The van der Waals surface area contributed by atoms with Crippen molar-refractivity contribution in [1.29, 1.82) is 0 Å². The van der Waals surface area contributed by atoms with Crippen molar-refractivity contribution in [2.45, 2.75) is 26.2 Å². The van der Waals surface area contributed by atoms with Gasteiger partial charge in [-0.15, -0.1) is 21.5 Å². The second-order valence-corrected chi connectivity index (χ2v) is 7.12. The molecule has 4 aromatic rings.